The zero-order valence-corrected chi connectivity index (χ0v) is 14.4. The number of rotatable bonds is 14. The van der Waals surface area contributed by atoms with Gasteiger partial charge in [-0.2, -0.15) is 0 Å². The van der Waals surface area contributed by atoms with Crippen molar-refractivity contribution in [2.75, 3.05) is 7.11 Å². The predicted molar refractivity (Wildman–Crippen MR) is 92.8 cm³/mol. The molecule has 0 heterocycles. The molecule has 0 aliphatic carbocycles. The number of allylic oxidation sites excluding steroid dienone is 4. The second kappa shape index (κ2) is 16.3. The van der Waals surface area contributed by atoms with E-state index in [1.54, 1.807) is 0 Å². The molecule has 0 saturated heterocycles. The van der Waals surface area contributed by atoms with Crippen LogP contribution < -0.4 is 0 Å². The molecule has 0 aromatic rings. The first kappa shape index (κ1) is 20.9. The number of esters is 1. The van der Waals surface area contributed by atoms with Gasteiger partial charge in [0.1, 0.15) is 0 Å². The van der Waals surface area contributed by atoms with Crippen molar-refractivity contribution in [2.24, 2.45) is 0 Å². The van der Waals surface area contributed by atoms with Gasteiger partial charge in [0.25, 0.3) is 0 Å². The molecule has 3 nitrogen and oxygen atoms in total. The van der Waals surface area contributed by atoms with Crippen LogP contribution in [0.3, 0.4) is 0 Å². The minimum atomic E-state index is -0.950. The van der Waals surface area contributed by atoms with Crippen LogP contribution in [0.25, 0.3) is 0 Å². The third kappa shape index (κ3) is 13.9. The van der Waals surface area contributed by atoms with Crippen LogP contribution in [0, 0.1) is 0 Å². The van der Waals surface area contributed by atoms with Crippen LogP contribution in [0.4, 0.5) is 0 Å². The minimum Gasteiger partial charge on any atom is -0.467 e. The van der Waals surface area contributed by atoms with Crippen LogP contribution >= 0.6 is 0 Å². The smallest absolute Gasteiger partial charge is 0.334 e. The number of carbonyl (C=O) groups is 1. The zero-order valence-electron chi connectivity index (χ0n) is 14.4. The molecule has 0 aromatic carbocycles. The lowest BCUT2D eigenvalue weighted by molar-refractivity contribution is -0.150. The van der Waals surface area contributed by atoms with Gasteiger partial charge in [-0.3, -0.25) is 0 Å². The molecule has 0 radical (unpaired) electrons. The molecule has 0 spiro atoms. The lowest BCUT2D eigenvalue weighted by atomic mass is 10.1. The van der Waals surface area contributed by atoms with Gasteiger partial charge in [0.05, 0.1) is 7.11 Å². The molecule has 0 bridgehead atoms. The van der Waals surface area contributed by atoms with Gasteiger partial charge in [-0.05, 0) is 38.5 Å². The number of carbonyl (C=O) groups excluding carboxylic acids is 1. The highest BCUT2D eigenvalue weighted by Crippen LogP contribution is 2.09. The summed E-state index contributed by atoms with van der Waals surface area (Å²) in [6, 6.07) is 0. The van der Waals surface area contributed by atoms with Crippen molar-refractivity contribution < 1.29 is 14.6 Å². The molecule has 0 aliphatic rings. The van der Waals surface area contributed by atoms with Crippen LogP contribution in [0.1, 0.15) is 77.6 Å². The van der Waals surface area contributed by atoms with Crippen molar-refractivity contribution in [2.45, 2.75) is 83.7 Å². The number of unbranched alkanes of at least 4 members (excludes halogenated alkanes) is 7. The van der Waals surface area contributed by atoms with Gasteiger partial charge < -0.3 is 9.84 Å². The van der Waals surface area contributed by atoms with Crippen molar-refractivity contribution >= 4 is 5.97 Å². The first-order chi connectivity index (χ1) is 10.7. The Labute approximate surface area is 136 Å². The Balaban J connectivity index is 3.32. The normalized spacial score (nSPS) is 13.0. The fourth-order valence-corrected chi connectivity index (χ4v) is 2.23. The van der Waals surface area contributed by atoms with E-state index in [2.05, 4.69) is 36.0 Å². The third-order valence-electron chi connectivity index (χ3n) is 3.65. The summed E-state index contributed by atoms with van der Waals surface area (Å²) in [6.07, 6.45) is 20.1. The highest BCUT2D eigenvalue weighted by atomic mass is 16.5. The molecule has 128 valence electrons. The maximum Gasteiger partial charge on any atom is 0.334 e. The zero-order chi connectivity index (χ0) is 16.5. The number of aliphatic hydroxyl groups is 1. The second-order valence-corrected chi connectivity index (χ2v) is 5.70. The van der Waals surface area contributed by atoms with Crippen molar-refractivity contribution in [1.29, 1.82) is 0 Å². The first-order valence-corrected chi connectivity index (χ1v) is 8.78. The fraction of sp³-hybridized carbons (Fsp3) is 0.737. The van der Waals surface area contributed by atoms with Crippen LogP contribution in [-0.2, 0) is 9.53 Å². The Morgan fingerprint density at radius 2 is 1.55 bits per heavy atom. The van der Waals surface area contributed by atoms with Gasteiger partial charge in [0.2, 0.25) is 0 Å². The Bertz CT molecular complexity index is 308. The van der Waals surface area contributed by atoms with E-state index in [9.17, 15) is 9.90 Å². The highest BCUT2D eigenvalue weighted by molar-refractivity contribution is 5.74. The van der Waals surface area contributed by atoms with Crippen molar-refractivity contribution in [3.05, 3.63) is 24.3 Å². The maximum absolute atomic E-state index is 11.0. The topological polar surface area (TPSA) is 46.5 Å². The lowest BCUT2D eigenvalue weighted by Gasteiger charge is -2.07. The van der Waals surface area contributed by atoms with E-state index in [0.29, 0.717) is 6.42 Å². The Hall–Kier alpha value is -1.09. The van der Waals surface area contributed by atoms with Crippen LogP contribution in [0.2, 0.25) is 0 Å². The average Bonchev–Trinajstić information content (AvgIpc) is 2.54. The second-order valence-electron chi connectivity index (χ2n) is 5.70. The summed E-state index contributed by atoms with van der Waals surface area (Å²) in [6.45, 7) is 2.23. The van der Waals surface area contributed by atoms with E-state index in [1.165, 1.54) is 39.2 Å². The molecule has 1 N–H and O–H groups in total. The van der Waals surface area contributed by atoms with Gasteiger partial charge in [-0.25, -0.2) is 4.79 Å². The average molecular weight is 310 g/mol. The van der Waals surface area contributed by atoms with Gasteiger partial charge in [-0.1, -0.05) is 63.3 Å². The molecule has 22 heavy (non-hydrogen) atoms. The molecule has 0 aliphatic heterocycles. The molecular formula is C19H34O3. The largest absolute Gasteiger partial charge is 0.467 e. The number of hydrogen-bond acceptors (Lipinski definition) is 3. The fourth-order valence-electron chi connectivity index (χ4n) is 2.23. The molecule has 1 atom stereocenters. The highest BCUT2D eigenvalue weighted by Gasteiger charge is 2.13. The molecule has 0 saturated carbocycles. The van der Waals surface area contributed by atoms with E-state index in [0.717, 1.165) is 32.1 Å². The maximum atomic E-state index is 11.0. The summed E-state index contributed by atoms with van der Waals surface area (Å²) in [5.41, 5.74) is 0. The van der Waals surface area contributed by atoms with Crippen LogP contribution in [0.15, 0.2) is 24.3 Å². The van der Waals surface area contributed by atoms with Crippen molar-refractivity contribution in [1.82, 2.24) is 0 Å². The quantitative estimate of drug-likeness (QED) is 0.281. The van der Waals surface area contributed by atoms with Gasteiger partial charge in [0, 0.05) is 0 Å². The summed E-state index contributed by atoms with van der Waals surface area (Å²) < 4.78 is 4.48. The van der Waals surface area contributed by atoms with E-state index >= 15 is 0 Å². The number of aliphatic hydroxyl groups excluding tert-OH is 1. The Morgan fingerprint density at radius 3 is 2.14 bits per heavy atom. The van der Waals surface area contributed by atoms with Crippen LogP contribution in [0.5, 0.6) is 0 Å². The SMILES string of the molecule is CCCCC/C=C/C/C=C/CCCCCC[C@@H](O)C(=O)OC. The van der Waals surface area contributed by atoms with Crippen LogP contribution in [-0.4, -0.2) is 24.3 Å². The van der Waals surface area contributed by atoms with E-state index in [1.807, 2.05) is 0 Å². The summed E-state index contributed by atoms with van der Waals surface area (Å²) >= 11 is 0. The van der Waals surface area contributed by atoms with E-state index < -0.39 is 12.1 Å². The number of hydrogen-bond donors (Lipinski definition) is 1. The van der Waals surface area contributed by atoms with Crippen molar-refractivity contribution in [3.63, 3.8) is 0 Å². The van der Waals surface area contributed by atoms with Gasteiger partial charge in [0.15, 0.2) is 6.10 Å². The third-order valence-corrected chi connectivity index (χ3v) is 3.65. The Morgan fingerprint density at radius 1 is 0.955 bits per heavy atom. The minimum absolute atomic E-state index is 0.505. The van der Waals surface area contributed by atoms with Crippen molar-refractivity contribution in [3.8, 4) is 0 Å². The standard InChI is InChI=1S/C19H34O3/c1-3-4-5-6-7-8-9-10-11-12-13-14-15-16-17-18(20)19(21)22-2/h7-8,10-11,18,20H,3-6,9,12-17H2,1-2H3/b8-7+,11-10+/t18-/m1/s1. The molecule has 3 heteroatoms. The van der Waals surface area contributed by atoms with E-state index in [-0.39, 0.29) is 0 Å². The summed E-state index contributed by atoms with van der Waals surface area (Å²) in [5.74, 6) is -0.523. The first-order valence-electron chi connectivity index (χ1n) is 8.78. The van der Waals surface area contributed by atoms with Gasteiger partial charge in [-0.15, -0.1) is 0 Å². The Kier molecular flexibility index (Phi) is 15.5. The predicted octanol–water partition coefficient (Wildman–Crippen LogP) is 4.94. The summed E-state index contributed by atoms with van der Waals surface area (Å²) in [4.78, 5) is 11.0. The van der Waals surface area contributed by atoms with Gasteiger partial charge >= 0.3 is 5.97 Å². The summed E-state index contributed by atoms with van der Waals surface area (Å²) in [7, 11) is 1.30. The number of methoxy groups -OCH3 is 1. The molecule has 0 unspecified atom stereocenters. The molecule has 0 amide bonds. The summed E-state index contributed by atoms with van der Waals surface area (Å²) in [5, 5.41) is 9.42. The molecule has 0 rings (SSSR count). The molecular weight excluding hydrogens is 276 g/mol. The lowest BCUT2D eigenvalue weighted by Crippen LogP contribution is -2.21. The van der Waals surface area contributed by atoms with E-state index in [4.69, 9.17) is 0 Å². The molecule has 0 aromatic heterocycles. The number of ether oxygens (including phenoxy) is 1. The molecule has 0 fully saturated rings. The monoisotopic (exact) mass is 310 g/mol.